The summed E-state index contributed by atoms with van der Waals surface area (Å²) in [7, 11) is -2.11. The van der Waals surface area contributed by atoms with Crippen LogP contribution in [0.2, 0.25) is 0 Å². The number of rotatable bonds is 8. The number of hydrogen-bond donors (Lipinski definition) is 2. The first-order valence-electron chi connectivity index (χ1n) is 7.84. The molecule has 0 unspecified atom stereocenters. The number of anilines is 1. The molecule has 0 aliphatic rings. The van der Waals surface area contributed by atoms with Crippen molar-refractivity contribution in [3.05, 3.63) is 36.4 Å². The molecule has 0 saturated carbocycles. The molecular formula is C17H20N2O6S. The van der Waals surface area contributed by atoms with Crippen LogP contribution in [0.15, 0.2) is 36.4 Å². The highest BCUT2D eigenvalue weighted by Crippen LogP contribution is 2.31. The van der Waals surface area contributed by atoms with E-state index in [9.17, 15) is 18.0 Å². The van der Waals surface area contributed by atoms with Gasteiger partial charge in [0.05, 0.1) is 12.3 Å². The molecular weight excluding hydrogens is 360 g/mol. The summed E-state index contributed by atoms with van der Waals surface area (Å²) in [6.07, 6.45) is 0. The number of likely N-dealkylation sites (N-methyl/N-ethyl adjacent to an activating group) is 1. The Morgan fingerprint density at radius 1 is 1.15 bits per heavy atom. The van der Waals surface area contributed by atoms with Crippen LogP contribution in [0.3, 0.4) is 0 Å². The molecule has 2 N–H and O–H groups in total. The molecule has 2 aromatic carbocycles. The number of aliphatic carboxylic acids is 1. The van der Waals surface area contributed by atoms with Crippen molar-refractivity contribution in [3.8, 4) is 5.75 Å². The fourth-order valence-corrected chi connectivity index (χ4v) is 3.11. The smallest absolute Gasteiger partial charge is 0.341 e. The predicted octanol–water partition coefficient (Wildman–Crippen LogP) is 1.52. The van der Waals surface area contributed by atoms with Crippen LogP contribution in [0.1, 0.15) is 6.92 Å². The lowest BCUT2D eigenvalue weighted by molar-refractivity contribution is -0.139. The average Bonchev–Trinajstić information content (AvgIpc) is 2.60. The summed E-state index contributed by atoms with van der Waals surface area (Å²) in [6.45, 7) is 0.726. The van der Waals surface area contributed by atoms with Crippen LogP contribution in [0.4, 0.5) is 5.69 Å². The van der Waals surface area contributed by atoms with E-state index in [-0.39, 0.29) is 12.3 Å². The van der Waals surface area contributed by atoms with Crippen molar-refractivity contribution in [2.24, 2.45) is 0 Å². The number of hydrogen-bond acceptors (Lipinski definition) is 5. The molecule has 2 aromatic rings. The molecule has 1 amide bonds. The number of ether oxygens (including phenoxy) is 1. The summed E-state index contributed by atoms with van der Waals surface area (Å²) in [5.74, 6) is -1.28. The Hall–Kier alpha value is -2.65. The maximum atomic E-state index is 12.2. The number of carboxylic acid groups (broad SMARTS) is 1. The van der Waals surface area contributed by atoms with E-state index < -0.39 is 28.5 Å². The topological polar surface area (TPSA) is 113 Å². The molecule has 0 bridgehead atoms. The Balaban J connectivity index is 2.24. The van der Waals surface area contributed by atoms with Gasteiger partial charge in [-0.2, -0.15) is 4.31 Å². The van der Waals surface area contributed by atoms with E-state index in [0.29, 0.717) is 22.2 Å². The van der Waals surface area contributed by atoms with Crippen LogP contribution < -0.4 is 10.1 Å². The van der Waals surface area contributed by atoms with Crippen LogP contribution in [0, 0.1) is 0 Å². The van der Waals surface area contributed by atoms with Gasteiger partial charge in [0.1, 0.15) is 5.75 Å². The minimum Gasteiger partial charge on any atom is -0.481 e. The molecule has 0 atom stereocenters. The molecule has 140 valence electrons. The van der Waals surface area contributed by atoms with Gasteiger partial charge >= 0.3 is 5.97 Å². The van der Waals surface area contributed by atoms with Crippen LogP contribution in [0.5, 0.6) is 5.75 Å². The molecule has 0 aliphatic heterocycles. The highest BCUT2D eigenvalue weighted by molar-refractivity contribution is 7.89. The first-order valence-corrected chi connectivity index (χ1v) is 9.45. The van der Waals surface area contributed by atoms with Crippen LogP contribution >= 0.6 is 0 Å². The Morgan fingerprint density at radius 3 is 2.42 bits per heavy atom. The van der Waals surface area contributed by atoms with Gasteiger partial charge in [-0.05, 0) is 19.1 Å². The summed E-state index contributed by atoms with van der Waals surface area (Å²) in [5.41, 5.74) is 0.482. The highest BCUT2D eigenvalue weighted by Gasteiger charge is 2.19. The number of benzene rings is 2. The third-order valence-corrected chi connectivity index (χ3v) is 5.52. The van der Waals surface area contributed by atoms with Gasteiger partial charge < -0.3 is 15.2 Å². The van der Waals surface area contributed by atoms with E-state index >= 15 is 0 Å². The molecule has 0 radical (unpaired) electrons. The van der Waals surface area contributed by atoms with E-state index in [4.69, 9.17) is 9.84 Å². The summed E-state index contributed by atoms with van der Waals surface area (Å²) in [4.78, 5) is 22.9. The lowest BCUT2D eigenvalue weighted by atomic mass is 10.1. The van der Waals surface area contributed by atoms with Crippen LogP contribution in [-0.2, 0) is 19.6 Å². The summed E-state index contributed by atoms with van der Waals surface area (Å²) in [6, 6.07) is 10.2. The predicted molar refractivity (Wildman–Crippen MR) is 97.8 cm³/mol. The summed E-state index contributed by atoms with van der Waals surface area (Å²) < 4.78 is 29.8. The Bertz CT molecular complexity index is 926. The first kappa shape index (κ1) is 19.7. The zero-order valence-corrected chi connectivity index (χ0v) is 15.2. The Kier molecular flexibility index (Phi) is 6.17. The molecule has 0 saturated heterocycles. The molecule has 0 aromatic heterocycles. The van der Waals surface area contributed by atoms with Gasteiger partial charge in [-0.25, -0.2) is 13.2 Å². The van der Waals surface area contributed by atoms with Gasteiger partial charge in [0.25, 0.3) is 0 Å². The maximum Gasteiger partial charge on any atom is 0.341 e. The van der Waals surface area contributed by atoms with Gasteiger partial charge in [0.15, 0.2) is 6.61 Å². The molecule has 0 fully saturated rings. The monoisotopic (exact) mass is 380 g/mol. The SMILES string of the molecule is CCS(=O)(=O)N(C)CC(=O)Nc1ccc(OCC(=O)O)c2ccccc12. The average molecular weight is 380 g/mol. The zero-order chi connectivity index (χ0) is 19.3. The second-order valence-electron chi connectivity index (χ2n) is 5.54. The van der Waals surface area contributed by atoms with Crippen molar-refractivity contribution in [1.82, 2.24) is 4.31 Å². The molecule has 0 spiro atoms. The quantitative estimate of drug-likeness (QED) is 0.718. The maximum absolute atomic E-state index is 12.2. The molecule has 0 aliphatic carbocycles. The van der Waals surface area contributed by atoms with Gasteiger partial charge in [-0.1, -0.05) is 24.3 Å². The Morgan fingerprint density at radius 2 is 1.81 bits per heavy atom. The standard InChI is InChI=1S/C17H20N2O6S/c1-3-26(23,24)19(2)10-16(20)18-14-8-9-15(25-11-17(21)22)13-7-5-4-6-12(13)14/h4-9H,3,10-11H2,1-2H3,(H,18,20)(H,21,22). The number of nitrogens with one attached hydrogen (secondary N) is 1. The third-order valence-electron chi connectivity index (χ3n) is 3.72. The number of carboxylic acids is 1. The van der Waals surface area contributed by atoms with E-state index in [0.717, 1.165) is 4.31 Å². The first-order chi connectivity index (χ1) is 12.2. The molecule has 26 heavy (non-hydrogen) atoms. The van der Waals surface area contributed by atoms with E-state index in [1.165, 1.54) is 14.0 Å². The van der Waals surface area contributed by atoms with Crippen molar-refractivity contribution < 1.29 is 27.9 Å². The number of sulfonamides is 1. The summed E-state index contributed by atoms with van der Waals surface area (Å²) in [5, 5.41) is 12.7. The minimum atomic E-state index is -3.45. The lowest BCUT2D eigenvalue weighted by Crippen LogP contribution is -2.35. The minimum absolute atomic E-state index is 0.0880. The fourth-order valence-electron chi connectivity index (χ4n) is 2.36. The number of nitrogens with zero attached hydrogens (tertiary/aromatic N) is 1. The van der Waals surface area contributed by atoms with E-state index in [1.807, 2.05) is 0 Å². The number of amides is 1. The van der Waals surface area contributed by atoms with E-state index in [1.54, 1.807) is 36.4 Å². The third kappa shape index (κ3) is 4.70. The fraction of sp³-hybridized carbons (Fsp3) is 0.294. The lowest BCUT2D eigenvalue weighted by Gasteiger charge is -2.17. The second-order valence-corrected chi connectivity index (χ2v) is 7.91. The number of carbonyl (C=O) groups is 2. The van der Waals surface area contributed by atoms with Gasteiger partial charge in [0.2, 0.25) is 15.9 Å². The van der Waals surface area contributed by atoms with Crippen molar-refractivity contribution in [3.63, 3.8) is 0 Å². The number of carbonyl (C=O) groups excluding carboxylic acids is 1. The molecule has 2 rings (SSSR count). The molecule has 0 heterocycles. The van der Waals surface area contributed by atoms with E-state index in [2.05, 4.69) is 5.32 Å². The molecule has 9 heteroatoms. The van der Waals surface area contributed by atoms with Crippen molar-refractivity contribution in [2.75, 3.05) is 31.3 Å². The van der Waals surface area contributed by atoms with Crippen LogP contribution in [-0.4, -0.2) is 55.7 Å². The number of fused-ring (bicyclic) bond motifs is 1. The normalized spacial score (nSPS) is 11.5. The van der Waals surface area contributed by atoms with Crippen molar-refractivity contribution >= 4 is 38.4 Å². The highest BCUT2D eigenvalue weighted by atomic mass is 32.2. The largest absolute Gasteiger partial charge is 0.481 e. The van der Waals surface area contributed by atoms with Gasteiger partial charge in [-0.15, -0.1) is 0 Å². The van der Waals surface area contributed by atoms with Crippen molar-refractivity contribution in [1.29, 1.82) is 0 Å². The second kappa shape index (κ2) is 8.15. The Labute approximate surface area is 151 Å². The van der Waals surface area contributed by atoms with Gasteiger partial charge in [0, 0.05) is 23.5 Å². The van der Waals surface area contributed by atoms with Crippen molar-refractivity contribution in [2.45, 2.75) is 6.92 Å². The van der Waals surface area contributed by atoms with Crippen LogP contribution in [0.25, 0.3) is 10.8 Å². The zero-order valence-electron chi connectivity index (χ0n) is 14.4. The van der Waals surface area contributed by atoms with Gasteiger partial charge in [-0.3, -0.25) is 4.79 Å². The summed E-state index contributed by atoms with van der Waals surface area (Å²) >= 11 is 0. The molecule has 8 nitrogen and oxygen atoms in total.